The van der Waals surface area contributed by atoms with Crippen LogP contribution in [0.3, 0.4) is 0 Å². The Kier molecular flexibility index (Phi) is 20.1. The number of nitrogens with one attached hydrogen (secondary N) is 2. The topological polar surface area (TPSA) is 45.7 Å². The highest BCUT2D eigenvalue weighted by Crippen LogP contribution is 1.95. The summed E-state index contributed by atoms with van der Waals surface area (Å²) in [5.74, 6) is 0.959. The van der Waals surface area contributed by atoms with Crippen LogP contribution in [0.15, 0.2) is 4.99 Å². The molecule has 0 radical (unpaired) electrons. The average Bonchev–Trinajstić information content (AvgIpc) is 2.38. The van der Waals surface area contributed by atoms with Gasteiger partial charge in [0, 0.05) is 33.4 Å². The molecule has 0 spiro atoms. The van der Waals surface area contributed by atoms with E-state index in [1.165, 1.54) is 32.1 Å². The van der Waals surface area contributed by atoms with E-state index in [9.17, 15) is 0 Å². The molecule has 0 saturated heterocycles. The third-order valence-electron chi connectivity index (χ3n) is 2.69. The second kappa shape index (κ2) is 18.0. The van der Waals surface area contributed by atoms with Gasteiger partial charge in [0.25, 0.3) is 0 Å². The van der Waals surface area contributed by atoms with E-state index in [2.05, 4.69) is 29.5 Å². The number of hydrogen-bond donors (Lipinski definition) is 2. The van der Waals surface area contributed by atoms with E-state index >= 15 is 0 Å². The fourth-order valence-corrected chi connectivity index (χ4v) is 1.65. The molecule has 0 unspecified atom stereocenters. The summed E-state index contributed by atoms with van der Waals surface area (Å²) in [6.07, 6.45) is 7.21. The molecule has 0 saturated carbocycles. The van der Waals surface area contributed by atoms with Crippen molar-refractivity contribution in [2.24, 2.45) is 4.99 Å². The van der Waals surface area contributed by atoms with Crippen molar-refractivity contribution in [1.29, 1.82) is 0 Å². The van der Waals surface area contributed by atoms with Crippen LogP contribution in [0.25, 0.3) is 0 Å². The van der Waals surface area contributed by atoms with Crippen LogP contribution in [0.2, 0.25) is 0 Å². The second-order valence-electron chi connectivity index (χ2n) is 4.45. The van der Waals surface area contributed by atoms with Gasteiger partial charge < -0.3 is 15.4 Å². The lowest BCUT2D eigenvalue weighted by atomic mass is 10.2. The van der Waals surface area contributed by atoms with Gasteiger partial charge in [-0.1, -0.05) is 19.8 Å². The first-order valence-corrected chi connectivity index (χ1v) is 7.36. The first kappa shape index (κ1) is 21.3. The van der Waals surface area contributed by atoms with Crippen molar-refractivity contribution in [3.8, 4) is 0 Å². The Morgan fingerprint density at radius 3 is 2.42 bits per heavy atom. The zero-order chi connectivity index (χ0) is 13.5. The van der Waals surface area contributed by atoms with Gasteiger partial charge in [-0.05, 0) is 32.6 Å². The minimum Gasteiger partial charge on any atom is -0.385 e. The quantitative estimate of drug-likeness (QED) is 0.249. The molecular weight excluding hydrogens is 353 g/mol. The van der Waals surface area contributed by atoms with E-state index in [0.29, 0.717) is 0 Å². The Labute approximate surface area is 136 Å². The fourth-order valence-electron chi connectivity index (χ4n) is 1.65. The number of ether oxygens (including phenoxy) is 1. The smallest absolute Gasteiger partial charge is 0.191 e. The summed E-state index contributed by atoms with van der Waals surface area (Å²) in [6.45, 7) is 8.01. The van der Waals surface area contributed by atoms with Crippen molar-refractivity contribution >= 4 is 29.9 Å². The number of hydrogen-bond acceptors (Lipinski definition) is 2. The molecule has 0 aromatic heterocycles. The molecule has 0 rings (SSSR count). The molecule has 2 N–H and O–H groups in total. The maximum absolute atomic E-state index is 5.03. The minimum atomic E-state index is 0. The van der Waals surface area contributed by atoms with E-state index in [4.69, 9.17) is 4.74 Å². The summed E-state index contributed by atoms with van der Waals surface area (Å²) in [5, 5.41) is 6.65. The summed E-state index contributed by atoms with van der Waals surface area (Å²) in [5.41, 5.74) is 0. The zero-order valence-corrected chi connectivity index (χ0v) is 15.2. The highest BCUT2D eigenvalue weighted by molar-refractivity contribution is 14.0. The molecule has 0 aliphatic carbocycles. The fraction of sp³-hybridized carbons (Fsp3) is 0.929. The largest absolute Gasteiger partial charge is 0.385 e. The number of rotatable bonds is 11. The lowest BCUT2D eigenvalue weighted by Crippen LogP contribution is -2.37. The van der Waals surface area contributed by atoms with Gasteiger partial charge in [-0.15, -0.1) is 24.0 Å². The van der Waals surface area contributed by atoms with Crippen LogP contribution in [-0.2, 0) is 4.74 Å². The molecule has 19 heavy (non-hydrogen) atoms. The van der Waals surface area contributed by atoms with Crippen LogP contribution < -0.4 is 10.6 Å². The number of unbranched alkanes of at least 4 members (excludes halogenated alkanes) is 4. The van der Waals surface area contributed by atoms with E-state index in [1.807, 2.05) is 0 Å². The molecule has 0 atom stereocenters. The molecule has 0 heterocycles. The number of halogens is 1. The first-order chi connectivity index (χ1) is 8.85. The number of aliphatic imine (C=N–C) groups is 1. The third kappa shape index (κ3) is 15.9. The predicted molar refractivity (Wildman–Crippen MR) is 94.6 cm³/mol. The first-order valence-electron chi connectivity index (χ1n) is 7.36. The number of methoxy groups -OCH3 is 1. The minimum absolute atomic E-state index is 0. The van der Waals surface area contributed by atoms with Gasteiger partial charge in [-0.3, -0.25) is 4.99 Å². The van der Waals surface area contributed by atoms with Crippen molar-refractivity contribution in [2.45, 2.75) is 52.4 Å². The molecule has 0 aromatic rings. The van der Waals surface area contributed by atoms with Crippen molar-refractivity contribution in [3.05, 3.63) is 0 Å². The molecule has 0 aliphatic heterocycles. The maximum Gasteiger partial charge on any atom is 0.191 e. The molecular formula is C14H32IN3O. The van der Waals surface area contributed by atoms with Crippen molar-refractivity contribution in [3.63, 3.8) is 0 Å². The lowest BCUT2D eigenvalue weighted by Gasteiger charge is -2.11. The molecule has 0 aromatic carbocycles. The molecule has 0 aliphatic rings. The Morgan fingerprint density at radius 2 is 1.79 bits per heavy atom. The van der Waals surface area contributed by atoms with Crippen LogP contribution in [0.1, 0.15) is 52.4 Å². The third-order valence-corrected chi connectivity index (χ3v) is 2.69. The van der Waals surface area contributed by atoms with Crippen molar-refractivity contribution in [1.82, 2.24) is 10.6 Å². The highest BCUT2D eigenvalue weighted by Gasteiger charge is 1.96. The lowest BCUT2D eigenvalue weighted by molar-refractivity contribution is 0.192. The van der Waals surface area contributed by atoms with Crippen molar-refractivity contribution < 1.29 is 4.74 Å². The van der Waals surface area contributed by atoms with Gasteiger partial charge in [0.15, 0.2) is 5.96 Å². The molecule has 4 nitrogen and oxygen atoms in total. The van der Waals surface area contributed by atoms with Gasteiger partial charge in [-0.25, -0.2) is 0 Å². The molecule has 0 amide bonds. The molecule has 116 valence electrons. The van der Waals surface area contributed by atoms with Crippen LogP contribution in [-0.4, -0.2) is 39.3 Å². The van der Waals surface area contributed by atoms with Gasteiger partial charge in [0.05, 0.1) is 0 Å². The highest BCUT2D eigenvalue weighted by atomic mass is 127. The van der Waals surface area contributed by atoms with Gasteiger partial charge >= 0.3 is 0 Å². The van der Waals surface area contributed by atoms with Crippen LogP contribution >= 0.6 is 24.0 Å². The molecule has 5 heteroatoms. The summed E-state index contributed by atoms with van der Waals surface area (Å²) in [7, 11) is 1.75. The summed E-state index contributed by atoms with van der Waals surface area (Å²) < 4.78 is 5.03. The van der Waals surface area contributed by atoms with E-state index in [0.717, 1.165) is 38.6 Å². The van der Waals surface area contributed by atoms with E-state index in [-0.39, 0.29) is 24.0 Å². The predicted octanol–water partition coefficient (Wildman–Crippen LogP) is 3.17. The van der Waals surface area contributed by atoms with E-state index < -0.39 is 0 Å². The summed E-state index contributed by atoms with van der Waals surface area (Å²) in [6, 6.07) is 0. The van der Waals surface area contributed by atoms with E-state index in [1.54, 1.807) is 7.11 Å². The second-order valence-corrected chi connectivity index (χ2v) is 4.45. The summed E-state index contributed by atoms with van der Waals surface area (Å²) >= 11 is 0. The standard InChI is InChI=1S/C14H31N3O.HI/c1-4-6-8-11-16-14(15-5-2)17-12-9-7-10-13-18-3;/h4-13H2,1-3H3,(H2,15,16,17);1H. The van der Waals surface area contributed by atoms with Gasteiger partial charge in [0.1, 0.15) is 0 Å². The Balaban J connectivity index is 0. The summed E-state index contributed by atoms with van der Waals surface area (Å²) in [4.78, 5) is 4.55. The number of nitrogens with zero attached hydrogens (tertiary/aromatic N) is 1. The Bertz CT molecular complexity index is 201. The maximum atomic E-state index is 5.03. The monoisotopic (exact) mass is 385 g/mol. The molecule has 0 fully saturated rings. The number of guanidine groups is 1. The van der Waals surface area contributed by atoms with Crippen LogP contribution in [0.5, 0.6) is 0 Å². The Morgan fingerprint density at radius 1 is 1.00 bits per heavy atom. The average molecular weight is 385 g/mol. The van der Waals surface area contributed by atoms with Gasteiger partial charge in [-0.2, -0.15) is 0 Å². The SMILES string of the molecule is CCCCCN=C(NCC)NCCCCCOC.I. The molecule has 0 bridgehead atoms. The van der Waals surface area contributed by atoms with Crippen LogP contribution in [0.4, 0.5) is 0 Å². The zero-order valence-electron chi connectivity index (χ0n) is 12.8. The van der Waals surface area contributed by atoms with Gasteiger partial charge in [0.2, 0.25) is 0 Å². The Hall–Kier alpha value is -0.0400. The van der Waals surface area contributed by atoms with Crippen molar-refractivity contribution in [2.75, 3.05) is 33.4 Å². The normalized spacial score (nSPS) is 11.0. The van der Waals surface area contributed by atoms with Crippen LogP contribution in [0, 0.1) is 0 Å².